The summed E-state index contributed by atoms with van der Waals surface area (Å²) in [4.78, 5) is 10.9. The number of hydrogen-bond acceptors (Lipinski definition) is 3. The predicted molar refractivity (Wildman–Crippen MR) is 59.3 cm³/mol. The number of rotatable bonds is 3. The van der Waals surface area contributed by atoms with E-state index in [-0.39, 0.29) is 11.6 Å². The van der Waals surface area contributed by atoms with E-state index in [1.165, 1.54) is 19.1 Å². The molecule has 0 aromatic heterocycles. The summed E-state index contributed by atoms with van der Waals surface area (Å²) in [6.07, 6.45) is -0.942. The number of nitrogens with one attached hydrogen (secondary N) is 1. The lowest BCUT2D eigenvalue weighted by molar-refractivity contribution is -0.114. The molecule has 1 rings (SSSR count). The molecule has 88 valence electrons. The SMILES string of the molecule is CC(=O)Nc1cc(F)ccc1C(O)C(C)N. The van der Waals surface area contributed by atoms with Gasteiger partial charge in [0.25, 0.3) is 0 Å². The van der Waals surface area contributed by atoms with Gasteiger partial charge in [-0.1, -0.05) is 6.07 Å². The molecule has 1 aromatic rings. The number of halogens is 1. The standard InChI is InChI=1S/C11H15FN2O2/c1-6(13)11(16)9-4-3-8(12)5-10(9)14-7(2)15/h3-6,11,16H,13H2,1-2H3,(H,14,15). The van der Waals surface area contributed by atoms with E-state index in [0.717, 1.165) is 6.07 Å². The quantitative estimate of drug-likeness (QED) is 0.724. The second kappa shape index (κ2) is 5.05. The number of benzene rings is 1. The first-order valence-electron chi connectivity index (χ1n) is 4.92. The molecule has 0 radical (unpaired) electrons. The second-order valence-corrected chi connectivity index (χ2v) is 3.72. The summed E-state index contributed by atoms with van der Waals surface area (Å²) in [6, 6.07) is 3.28. The topological polar surface area (TPSA) is 75.3 Å². The average Bonchev–Trinajstić information content (AvgIpc) is 2.15. The summed E-state index contributed by atoms with van der Waals surface area (Å²) in [5, 5.41) is 12.2. The summed E-state index contributed by atoms with van der Waals surface area (Å²) in [5.41, 5.74) is 6.21. The van der Waals surface area contributed by atoms with E-state index >= 15 is 0 Å². The first kappa shape index (κ1) is 12.6. The second-order valence-electron chi connectivity index (χ2n) is 3.72. The van der Waals surface area contributed by atoms with Crippen LogP contribution in [0.15, 0.2) is 18.2 Å². The third kappa shape index (κ3) is 3.01. The Morgan fingerprint density at radius 2 is 2.19 bits per heavy atom. The zero-order valence-electron chi connectivity index (χ0n) is 9.20. The van der Waals surface area contributed by atoms with E-state index in [4.69, 9.17) is 5.73 Å². The molecule has 4 N–H and O–H groups in total. The van der Waals surface area contributed by atoms with Crippen molar-refractivity contribution in [1.29, 1.82) is 0 Å². The highest BCUT2D eigenvalue weighted by Gasteiger charge is 2.17. The molecule has 5 heteroatoms. The summed E-state index contributed by atoms with van der Waals surface area (Å²) in [6.45, 7) is 2.94. The van der Waals surface area contributed by atoms with Crippen LogP contribution in [0.3, 0.4) is 0 Å². The van der Waals surface area contributed by atoms with Crippen molar-refractivity contribution in [1.82, 2.24) is 0 Å². The van der Waals surface area contributed by atoms with E-state index in [1.807, 2.05) is 0 Å². The molecule has 2 unspecified atom stereocenters. The van der Waals surface area contributed by atoms with Crippen molar-refractivity contribution in [3.05, 3.63) is 29.6 Å². The summed E-state index contributed by atoms with van der Waals surface area (Å²) >= 11 is 0. The van der Waals surface area contributed by atoms with Gasteiger partial charge < -0.3 is 16.2 Å². The van der Waals surface area contributed by atoms with Crippen LogP contribution in [0.4, 0.5) is 10.1 Å². The first-order chi connectivity index (χ1) is 7.41. The van der Waals surface area contributed by atoms with Gasteiger partial charge in [0.05, 0.1) is 6.10 Å². The fourth-order valence-corrected chi connectivity index (χ4v) is 1.37. The van der Waals surface area contributed by atoms with Crippen molar-refractivity contribution in [3.63, 3.8) is 0 Å². The maximum absolute atomic E-state index is 13.0. The Labute approximate surface area is 93.3 Å². The molecule has 1 aromatic carbocycles. The monoisotopic (exact) mass is 226 g/mol. The lowest BCUT2D eigenvalue weighted by atomic mass is 10.0. The minimum absolute atomic E-state index is 0.248. The number of anilines is 1. The van der Waals surface area contributed by atoms with Gasteiger partial charge in [0.2, 0.25) is 5.91 Å². The van der Waals surface area contributed by atoms with Crippen molar-refractivity contribution >= 4 is 11.6 Å². The van der Waals surface area contributed by atoms with E-state index in [1.54, 1.807) is 6.92 Å². The molecular formula is C11H15FN2O2. The van der Waals surface area contributed by atoms with Gasteiger partial charge in [-0.15, -0.1) is 0 Å². The molecule has 0 fully saturated rings. The molecule has 16 heavy (non-hydrogen) atoms. The fraction of sp³-hybridized carbons (Fsp3) is 0.364. The molecule has 0 aliphatic heterocycles. The molecule has 0 heterocycles. The van der Waals surface area contributed by atoms with Gasteiger partial charge in [0.15, 0.2) is 0 Å². The van der Waals surface area contributed by atoms with Crippen LogP contribution in [-0.2, 0) is 4.79 Å². The van der Waals surface area contributed by atoms with Crippen LogP contribution in [0.1, 0.15) is 25.5 Å². The molecule has 0 bridgehead atoms. The smallest absolute Gasteiger partial charge is 0.221 e. The van der Waals surface area contributed by atoms with E-state index < -0.39 is 18.0 Å². The number of aliphatic hydroxyl groups is 1. The number of amides is 1. The van der Waals surface area contributed by atoms with Crippen LogP contribution in [0.5, 0.6) is 0 Å². The summed E-state index contributed by atoms with van der Waals surface area (Å²) < 4.78 is 13.0. The van der Waals surface area contributed by atoms with E-state index in [0.29, 0.717) is 5.56 Å². The molecule has 0 spiro atoms. The maximum atomic E-state index is 13.0. The van der Waals surface area contributed by atoms with Gasteiger partial charge in [-0.25, -0.2) is 4.39 Å². The molecule has 0 saturated heterocycles. The highest BCUT2D eigenvalue weighted by Crippen LogP contribution is 2.25. The number of carbonyl (C=O) groups is 1. The molecule has 0 saturated carbocycles. The minimum Gasteiger partial charge on any atom is -0.387 e. The molecule has 2 atom stereocenters. The van der Waals surface area contributed by atoms with E-state index in [2.05, 4.69) is 5.32 Å². The molecule has 4 nitrogen and oxygen atoms in total. The third-order valence-electron chi connectivity index (χ3n) is 2.14. The summed E-state index contributed by atoms with van der Waals surface area (Å²) in [5.74, 6) is -0.812. The molecule has 1 amide bonds. The van der Waals surface area contributed by atoms with Gasteiger partial charge in [-0.3, -0.25) is 4.79 Å². The Bertz CT molecular complexity index is 394. The zero-order valence-corrected chi connectivity index (χ0v) is 9.20. The summed E-state index contributed by atoms with van der Waals surface area (Å²) in [7, 11) is 0. The average molecular weight is 226 g/mol. The Morgan fingerprint density at radius 3 is 2.69 bits per heavy atom. The minimum atomic E-state index is -0.942. The highest BCUT2D eigenvalue weighted by atomic mass is 19.1. The van der Waals surface area contributed by atoms with Crippen LogP contribution in [-0.4, -0.2) is 17.1 Å². The maximum Gasteiger partial charge on any atom is 0.221 e. The highest BCUT2D eigenvalue weighted by molar-refractivity contribution is 5.89. The van der Waals surface area contributed by atoms with Gasteiger partial charge in [-0.2, -0.15) is 0 Å². The van der Waals surface area contributed by atoms with E-state index in [9.17, 15) is 14.3 Å². The normalized spacial score (nSPS) is 14.3. The van der Waals surface area contributed by atoms with Crippen molar-refractivity contribution in [2.45, 2.75) is 26.0 Å². The first-order valence-corrected chi connectivity index (χ1v) is 4.92. The third-order valence-corrected chi connectivity index (χ3v) is 2.14. The number of aliphatic hydroxyl groups excluding tert-OH is 1. The Balaban J connectivity index is 3.11. The fourth-order valence-electron chi connectivity index (χ4n) is 1.37. The predicted octanol–water partition coefficient (Wildman–Crippen LogP) is 1.16. The Morgan fingerprint density at radius 1 is 1.56 bits per heavy atom. The van der Waals surface area contributed by atoms with Crippen molar-refractivity contribution < 1.29 is 14.3 Å². The van der Waals surface area contributed by atoms with Crippen LogP contribution in [0.2, 0.25) is 0 Å². The van der Waals surface area contributed by atoms with Crippen LogP contribution in [0.25, 0.3) is 0 Å². The van der Waals surface area contributed by atoms with Crippen LogP contribution < -0.4 is 11.1 Å². The number of hydrogen-bond donors (Lipinski definition) is 3. The number of nitrogens with two attached hydrogens (primary N) is 1. The van der Waals surface area contributed by atoms with Gasteiger partial charge in [-0.05, 0) is 19.1 Å². The zero-order chi connectivity index (χ0) is 12.3. The largest absolute Gasteiger partial charge is 0.387 e. The van der Waals surface area contributed by atoms with Gasteiger partial charge in [0.1, 0.15) is 5.82 Å². The van der Waals surface area contributed by atoms with Gasteiger partial charge >= 0.3 is 0 Å². The molecular weight excluding hydrogens is 211 g/mol. The van der Waals surface area contributed by atoms with Crippen molar-refractivity contribution in [2.75, 3.05) is 5.32 Å². The Hall–Kier alpha value is -1.46. The van der Waals surface area contributed by atoms with Crippen LogP contribution in [0, 0.1) is 5.82 Å². The van der Waals surface area contributed by atoms with Crippen LogP contribution >= 0.6 is 0 Å². The number of carbonyl (C=O) groups excluding carboxylic acids is 1. The van der Waals surface area contributed by atoms with Crippen molar-refractivity contribution in [3.8, 4) is 0 Å². The lowest BCUT2D eigenvalue weighted by Crippen LogP contribution is -2.25. The molecule has 0 aliphatic carbocycles. The van der Waals surface area contributed by atoms with Crippen molar-refractivity contribution in [2.24, 2.45) is 5.73 Å². The lowest BCUT2D eigenvalue weighted by Gasteiger charge is -2.18. The van der Waals surface area contributed by atoms with Gasteiger partial charge in [0, 0.05) is 24.2 Å². The Kier molecular flexibility index (Phi) is 3.98. The molecule has 0 aliphatic rings.